The van der Waals surface area contributed by atoms with Crippen LogP contribution in [0.4, 0.5) is 15.8 Å². The zero-order valence-corrected chi connectivity index (χ0v) is 10.7. The molecule has 1 aromatic carbocycles. The van der Waals surface area contributed by atoms with E-state index in [0.717, 1.165) is 18.7 Å². The lowest BCUT2D eigenvalue weighted by molar-refractivity contribution is 0.626. The lowest BCUT2D eigenvalue weighted by atomic mass is 10.2. The lowest BCUT2D eigenvalue weighted by Gasteiger charge is -2.30. The standard InChI is InChI=1S/C12H18ClFN2/c1-4-5-16(8(2)3)12-6-9(13)10(14)7-11(12)15/h6-8H,4-5,15H2,1-3H3. The summed E-state index contributed by atoms with van der Waals surface area (Å²) in [6.07, 6.45) is 1.01. The molecule has 0 radical (unpaired) electrons. The Morgan fingerprint density at radius 3 is 2.56 bits per heavy atom. The van der Waals surface area contributed by atoms with Crippen molar-refractivity contribution in [2.24, 2.45) is 0 Å². The van der Waals surface area contributed by atoms with Gasteiger partial charge in [0.15, 0.2) is 0 Å². The fourth-order valence-electron chi connectivity index (χ4n) is 1.70. The van der Waals surface area contributed by atoms with Crippen molar-refractivity contribution < 1.29 is 4.39 Å². The van der Waals surface area contributed by atoms with Crippen LogP contribution in [0.1, 0.15) is 27.2 Å². The van der Waals surface area contributed by atoms with Crippen molar-refractivity contribution in [2.75, 3.05) is 17.2 Å². The first-order chi connectivity index (χ1) is 7.47. The summed E-state index contributed by atoms with van der Waals surface area (Å²) in [5, 5.41) is 0.117. The van der Waals surface area contributed by atoms with E-state index in [1.807, 2.05) is 0 Å². The second-order valence-corrected chi connectivity index (χ2v) is 4.52. The Morgan fingerprint density at radius 2 is 2.06 bits per heavy atom. The SMILES string of the molecule is CCCN(c1cc(Cl)c(F)cc1N)C(C)C. The Kier molecular flexibility index (Phi) is 4.42. The maximum Gasteiger partial charge on any atom is 0.143 e. The molecule has 16 heavy (non-hydrogen) atoms. The van der Waals surface area contributed by atoms with Gasteiger partial charge in [0.25, 0.3) is 0 Å². The van der Waals surface area contributed by atoms with Crippen LogP contribution in [0.15, 0.2) is 12.1 Å². The molecular weight excluding hydrogens is 227 g/mol. The first-order valence-electron chi connectivity index (χ1n) is 5.48. The van der Waals surface area contributed by atoms with Crippen LogP contribution in [0.2, 0.25) is 5.02 Å². The third-order valence-electron chi connectivity index (χ3n) is 2.47. The van der Waals surface area contributed by atoms with Crippen LogP contribution in [-0.4, -0.2) is 12.6 Å². The summed E-state index contributed by atoms with van der Waals surface area (Å²) >= 11 is 5.78. The van der Waals surface area contributed by atoms with Gasteiger partial charge in [0.05, 0.1) is 16.4 Å². The molecule has 90 valence electrons. The van der Waals surface area contributed by atoms with E-state index in [1.54, 1.807) is 6.07 Å². The van der Waals surface area contributed by atoms with Gasteiger partial charge in [-0.25, -0.2) is 4.39 Å². The van der Waals surface area contributed by atoms with Crippen LogP contribution in [0.5, 0.6) is 0 Å². The van der Waals surface area contributed by atoms with E-state index in [2.05, 4.69) is 25.7 Å². The van der Waals surface area contributed by atoms with E-state index in [9.17, 15) is 4.39 Å². The van der Waals surface area contributed by atoms with Crippen LogP contribution in [0.25, 0.3) is 0 Å². The van der Waals surface area contributed by atoms with Crippen molar-refractivity contribution >= 4 is 23.0 Å². The molecule has 2 nitrogen and oxygen atoms in total. The van der Waals surface area contributed by atoms with Crippen LogP contribution < -0.4 is 10.6 Å². The minimum Gasteiger partial charge on any atom is -0.397 e. The van der Waals surface area contributed by atoms with Gasteiger partial charge in [-0.05, 0) is 26.3 Å². The molecule has 1 rings (SSSR count). The largest absolute Gasteiger partial charge is 0.397 e. The highest BCUT2D eigenvalue weighted by Crippen LogP contribution is 2.30. The molecule has 0 heterocycles. The van der Waals surface area contributed by atoms with E-state index in [1.165, 1.54) is 6.07 Å². The Balaban J connectivity index is 3.13. The maximum atomic E-state index is 13.2. The highest BCUT2D eigenvalue weighted by Gasteiger charge is 2.15. The molecule has 0 amide bonds. The number of hydrogen-bond donors (Lipinski definition) is 1. The third-order valence-corrected chi connectivity index (χ3v) is 2.76. The minimum atomic E-state index is -0.469. The number of halogens is 2. The minimum absolute atomic E-state index is 0.117. The van der Waals surface area contributed by atoms with Gasteiger partial charge in [-0.1, -0.05) is 18.5 Å². The van der Waals surface area contributed by atoms with Crippen molar-refractivity contribution in [3.63, 3.8) is 0 Å². The molecule has 0 aliphatic carbocycles. The van der Waals surface area contributed by atoms with Crippen molar-refractivity contribution in [1.29, 1.82) is 0 Å². The highest BCUT2D eigenvalue weighted by molar-refractivity contribution is 6.31. The van der Waals surface area contributed by atoms with Gasteiger partial charge in [0.1, 0.15) is 5.82 Å². The molecule has 0 unspecified atom stereocenters. The third kappa shape index (κ3) is 2.79. The second kappa shape index (κ2) is 5.39. The average molecular weight is 245 g/mol. The molecule has 0 bridgehead atoms. The number of nitrogen functional groups attached to an aromatic ring is 1. The van der Waals surface area contributed by atoms with Gasteiger partial charge in [-0.2, -0.15) is 0 Å². The van der Waals surface area contributed by atoms with Gasteiger partial charge in [-0.15, -0.1) is 0 Å². The molecule has 0 saturated carbocycles. The molecule has 0 aliphatic heterocycles. The Labute approximate surface area is 101 Å². The van der Waals surface area contributed by atoms with Crippen LogP contribution in [-0.2, 0) is 0 Å². The van der Waals surface area contributed by atoms with Crippen molar-refractivity contribution in [3.05, 3.63) is 23.0 Å². The van der Waals surface area contributed by atoms with Crippen LogP contribution >= 0.6 is 11.6 Å². The predicted molar refractivity (Wildman–Crippen MR) is 68.6 cm³/mol. The monoisotopic (exact) mass is 244 g/mol. The molecule has 0 atom stereocenters. The summed E-state index contributed by atoms with van der Waals surface area (Å²) in [7, 11) is 0. The molecule has 0 spiro atoms. The Morgan fingerprint density at radius 1 is 1.44 bits per heavy atom. The van der Waals surface area contributed by atoms with E-state index in [-0.39, 0.29) is 5.02 Å². The average Bonchev–Trinajstić information content (AvgIpc) is 2.20. The fraction of sp³-hybridized carbons (Fsp3) is 0.500. The molecule has 0 saturated heterocycles. The van der Waals surface area contributed by atoms with E-state index in [4.69, 9.17) is 17.3 Å². The van der Waals surface area contributed by atoms with E-state index >= 15 is 0 Å². The molecule has 0 aromatic heterocycles. The Bertz CT molecular complexity index is 366. The summed E-state index contributed by atoms with van der Waals surface area (Å²) in [6, 6.07) is 3.19. The summed E-state index contributed by atoms with van der Waals surface area (Å²) in [5.41, 5.74) is 7.06. The van der Waals surface area contributed by atoms with E-state index in [0.29, 0.717) is 11.7 Å². The summed E-state index contributed by atoms with van der Waals surface area (Å²) < 4.78 is 13.2. The topological polar surface area (TPSA) is 29.3 Å². The normalized spacial score (nSPS) is 10.9. The fourth-order valence-corrected chi connectivity index (χ4v) is 1.86. The number of rotatable bonds is 4. The molecule has 0 fully saturated rings. The van der Waals surface area contributed by atoms with Crippen molar-refractivity contribution in [1.82, 2.24) is 0 Å². The number of benzene rings is 1. The Hall–Kier alpha value is -0.960. The quantitative estimate of drug-likeness (QED) is 0.819. The first-order valence-corrected chi connectivity index (χ1v) is 5.86. The van der Waals surface area contributed by atoms with Crippen molar-refractivity contribution in [3.8, 4) is 0 Å². The second-order valence-electron chi connectivity index (χ2n) is 4.11. The molecule has 4 heteroatoms. The first kappa shape index (κ1) is 13.1. The summed E-state index contributed by atoms with van der Waals surface area (Å²) in [6.45, 7) is 7.12. The zero-order chi connectivity index (χ0) is 12.3. The molecule has 0 aliphatic rings. The van der Waals surface area contributed by atoms with Crippen molar-refractivity contribution in [2.45, 2.75) is 33.2 Å². The summed E-state index contributed by atoms with van der Waals surface area (Å²) in [5.74, 6) is -0.469. The highest BCUT2D eigenvalue weighted by atomic mass is 35.5. The lowest BCUT2D eigenvalue weighted by Crippen LogP contribution is -2.32. The van der Waals surface area contributed by atoms with Gasteiger partial charge in [-0.3, -0.25) is 0 Å². The molecular formula is C12H18ClFN2. The van der Waals surface area contributed by atoms with Crippen LogP contribution in [0, 0.1) is 5.82 Å². The van der Waals surface area contributed by atoms with E-state index < -0.39 is 5.82 Å². The van der Waals surface area contributed by atoms with Crippen LogP contribution in [0.3, 0.4) is 0 Å². The number of nitrogens with zero attached hydrogens (tertiary/aromatic N) is 1. The number of nitrogens with two attached hydrogens (primary N) is 1. The molecule has 2 N–H and O–H groups in total. The number of anilines is 2. The van der Waals surface area contributed by atoms with Gasteiger partial charge >= 0.3 is 0 Å². The predicted octanol–water partition coefficient (Wildman–Crippen LogP) is 3.69. The molecule has 1 aromatic rings. The van der Waals surface area contributed by atoms with Gasteiger partial charge in [0, 0.05) is 18.7 Å². The number of hydrogen-bond acceptors (Lipinski definition) is 2. The van der Waals surface area contributed by atoms with Gasteiger partial charge < -0.3 is 10.6 Å². The van der Waals surface area contributed by atoms with Gasteiger partial charge in [0.2, 0.25) is 0 Å². The summed E-state index contributed by atoms with van der Waals surface area (Å²) in [4.78, 5) is 2.13. The maximum absolute atomic E-state index is 13.2. The zero-order valence-electron chi connectivity index (χ0n) is 9.93. The smallest absolute Gasteiger partial charge is 0.143 e.